The zero-order chi connectivity index (χ0) is 11.6. The van der Waals surface area contributed by atoms with Gasteiger partial charge in [-0.1, -0.05) is 0 Å². The fourth-order valence-corrected chi connectivity index (χ4v) is 1.43. The van der Waals surface area contributed by atoms with Crippen molar-refractivity contribution in [3.05, 3.63) is 0 Å². The van der Waals surface area contributed by atoms with Gasteiger partial charge in [0.25, 0.3) is 0 Å². The Morgan fingerprint density at radius 1 is 1.33 bits per heavy atom. The third kappa shape index (κ3) is 2.44. The highest BCUT2D eigenvalue weighted by Gasteiger charge is 2.47. The van der Waals surface area contributed by atoms with Crippen LogP contribution in [0.4, 0.5) is 0 Å². The van der Waals surface area contributed by atoms with Gasteiger partial charge in [-0.2, -0.15) is 0 Å². The summed E-state index contributed by atoms with van der Waals surface area (Å²) >= 11 is 0. The highest BCUT2D eigenvalue weighted by molar-refractivity contribution is 5.73. The molecule has 0 bridgehead atoms. The van der Waals surface area contributed by atoms with Crippen LogP contribution in [-0.2, 0) is 14.3 Å². The number of aliphatic carboxylic acids is 1. The van der Waals surface area contributed by atoms with Crippen molar-refractivity contribution in [2.24, 2.45) is 0 Å². The summed E-state index contributed by atoms with van der Waals surface area (Å²) in [5.74, 6) is -1.36. The molecule has 0 spiro atoms. The molecule has 0 aromatic heterocycles. The maximum absolute atomic E-state index is 10.7. The Hall–Kier alpha value is -0.730. The van der Waals surface area contributed by atoms with Crippen molar-refractivity contribution in [2.45, 2.75) is 37.6 Å². The van der Waals surface area contributed by atoms with Crippen LogP contribution in [0.5, 0.6) is 0 Å². The molecule has 0 aromatic rings. The lowest BCUT2D eigenvalue weighted by atomic mass is 9.99. The Balaban J connectivity index is 2.81. The number of carboxylic acids is 1. The van der Waals surface area contributed by atoms with E-state index in [4.69, 9.17) is 14.9 Å². The van der Waals surface area contributed by atoms with E-state index in [1.54, 1.807) is 6.92 Å². The molecule has 88 valence electrons. The number of hydrogen-bond donors (Lipinski definition) is 4. The zero-order valence-corrected chi connectivity index (χ0v) is 8.11. The highest BCUT2D eigenvalue weighted by Crippen LogP contribution is 2.22. The Morgan fingerprint density at radius 3 is 2.40 bits per heavy atom. The predicted molar refractivity (Wildman–Crippen MR) is 45.9 cm³/mol. The Kier molecular flexibility index (Phi) is 4.00. The van der Waals surface area contributed by atoms with E-state index in [1.165, 1.54) is 0 Å². The molecular weight excluding hydrogens is 208 g/mol. The molecule has 0 radical (unpaired) electrons. The zero-order valence-electron chi connectivity index (χ0n) is 8.11. The van der Waals surface area contributed by atoms with Gasteiger partial charge >= 0.3 is 5.97 Å². The lowest BCUT2D eigenvalue weighted by Gasteiger charge is -2.38. The van der Waals surface area contributed by atoms with Gasteiger partial charge in [0.1, 0.15) is 18.3 Å². The van der Waals surface area contributed by atoms with E-state index in [0.29, 0.717) is 0 Å². The predicted octanol–water partition coefficient (Wildman–Crippen LogP) is -2.08. The largest absolute Gasteiger partial charge is 0.479 e. The molecule has 5 atom stereocenters. The van der Waals surface area contributed by atoms with Gasteiger partial charge in [-0.3, -0.25) is 0 Å². The van der Waals surface area contributed by atoms with Gasteiger partial charge < -0.3 is 29.9 Å². The number of ether oxygens (including phenoxy) is 2. The average molecular weight is 222 g/mol. The van der Waals surface area contributed by atoms with Gasteiger partial charge in [0.15, 0.2) is 12.4 Å². The van der Waals surface area contributed by atoms with E-state index in [1.807, 2.05) is 0 Å². The molecule has 1 aliphatic rings. The summed E-state index contributed by atoms with van der Waals surface area (Å²) in [6.07, 6.45) is -7.46. The van der Waals surface area contributed by atoms with Gasteiger partial charge in [0.05, 0.1) is 0 Å². The molecule has 1 fully saturated rings. The maximum atomic E-state index is 10.7. The number of hydrogen-bond acceptors (Lipinski definition) is 6. The van der Waals surface area contributed by atoms with Crippen molar-refractivity contribution >= 4 is 5.97 Å². The molecule has 1 aliphatic heterocycles. The molecule has 7 nitrogen and oxygen atoms in total. The molecule has 4 N–H and O–H groups in total. The van der Waals surface area contributed by atoms with Gasteiger partial charge in [0.2, 0.25) is 0 Å². The summed E-state index contributed by atoms with van der Waals surface area (Å²) in [5.41, 5.74) is 0. The third-order valence-electron chi connectivity index (χ3n) is 2.17. The second-order valence-electron chi connectivity index (χ2n) is 3.19. The number of carboxylic acid groups (broad SMARTS) is 1. The third-order valence-corrected chi connectivity index (χ3v) is 2.17. The van der Waals surface area contributed by atoms with Crippen LogP contribution in [0.1, 0.15) is 6.92 Å². The molecule has 7 heteroatoms. The normalized spacial score (nSPS) is 41.5. The summed E-state index contributed by atoms with van der Waals surface area (Å²) in [5, 5.41) is 36.6. The lowest BCUT2D eigenvalue weighted by molar-refractivity contribution is -0.286. The van der Waals surface area contributed by atoms with Crippen LogP contribution < -0.4 is 0 Å². The first-order valence-electron chi connectivity index (χ1n) is 4.53. The molecular formula is C8H14O7. The maximum Gasteiger partial charge on any atom is 0.335 e. The van der Waals surface area contributed by atoms with Crippen molar-refractivity contribution < 1.29 is 34.7 Å². The van der Waals surface area contributed by atoms with Crippen molar-refractivity contribution in [1.82, 2.24) is 0 Å². The average Bonchev–Trinajstić information content (AvgIpc) is 2.18. The minimum absolute atomic E-state index is 0.164. The second kappa shape index (κ2) is 4.86. The van der Waals surface area contributed by atoms with E-state index in [-0.39, 0.29) is 6.61 Å². The van der Waals surface area contributed by atoms with Gasteiger partial charge in [-0.05, 0) is 6.92 Å². The Labute approximate surface area is 85.9 Å². The van der Waals surface area contributed by atoms with Crippen molar-refractivity contribution in [3.8, 4) is 0 Å². The number of carbonyl (C=O) groups is 1. The summed E-state index contributed by atoms with van der Waals surface area (Å²) in [6, 6.07) is 0. The first kappa shape index (κ1) is 12.3. The quantitative estimate of drug-likeness (QED) is 0.432. The first-order valence-corrected chi connectivity index (χ1v) is 4.53. The van der Waals surface area contributed by atoms with Crippen LogP contribution in [0.15, 0.2) is 0 Å². The lowest BCUT2D eigenvalue weighted by Crippen LogP contribution is -2.60. The molecule has 1 rings (SSSR count). The van der Waals surface area contributed by atoms with Gasteiger partial charge in [0, 0.05) is 6.61 Å². The minimum Gasteiger partial charge on any atom is -0.479 e. The molecule has 0 aromatic carbocycles. The van der Waals surface area contributed by atoms with Crippen molar-refractivity contribution in [3.63, 3.8) is 0 Å². The van der Waals surface area contributed by atoms with E-state index in [0.717, 1.165) is 0 Å². The molecule has 0 saturated carbocycles. The van der Waals surface area contributed by atoms with Gasteiger partial charge in [-0.25, -0.2) is 4.79 Å². The van der Waals surface area contributed by atoms with Crippen LogP contribution in [0, 0.1) is 0 Å². The Morgan fingerprint density at radius 2 is 1.93 bits per heavy atom. The number of aliphatic hydroxyl groups is 3. The SMILES string of the molecule is CCO[C@H]1[C@H](O)[C@@H](O)C(O)O[C@@H]1C(=O)O. The number of rotatable bonds is 3. The van der Waals surface area contributed by atoms with Crippen molar-refractivity contribution in [1.29, 1.82) is 0 Å². The van der Waals surface area contributed by atoms with Crippen LogP contribution in [-0.4, -0.2) is 63.7 Å². The summed E-state index contributed by atoms with van der Waals surface area (Å²) in [7, 11) is 0. The topological polar surface area (TPSA) is 116 Å². The summed E-state index contributed by atoms with van der Waals surface area (Å²) in [4.78, 5) is 10.7. The monoisotopic (exact) mass is 222 g/mol. The summed E-state index contributed by atoms with van der Waals surface area (Å²) < 4.78 is 9.58. The molecule has 15 heavy (non-hydrogen) atoms. The van der Waals surface area contributed by atoms with E-state index in [2.05, 4.69) is 4.74 Å². The van der Waals surface area contributed by atoms with E-state index >= 15 is 0 Å². The molecule has 1 heterocycles. The fraction of sp³-hybridized carbons (Fsp3) is 0.875. The second-order valence-corrected chi connectivity index (χ2v) is 3.19. The number of aliphatic hydroxyl groups excluding tert-OH is 3. The van der Waals surface area contributed by atoms with Crippen LogP contribution >= 0.6 is 0 Å². The van der Waals surface area contributed by atoms with Crippen LogP contribution in [0.25, 0.3) is 0 Å². The summed E-state index contributed by atoms with van der Waals surface area (Å²) in [6.45, 7) is 1.78. The minimum atomic E-state index is -1.72. The smallest absolute Gasteiger partial charge is 0.335 e. The Bertz CT molecular complexity index is 231. The van der Waals surface area contributed by atoms with Crippen LogP contribution in [0.2, 0.25) is 0 Å². The highest BCUT2D eigenvalue weighted by atomic mass is 16.7. The first-order chi connectivity index (χ1) is 6.99. The van der Waals surface area contributed by atoms with Crippen molar-refractivity contribution in [2.75, 3.05) is 6.61 Å². The molecule has 1 unspecified atom stereocenters. The molecule has 0 amide bonds. The van der Waals surface area contributed by atoms with Crippen LogP contribution in [0.3, 0.4) is 0 Å². The van der Waals surface area contributed by atoms with E-state index in [9.17, 15) is 15.0 Å². The molecule has 0 aliphatic carbocycles. The standard InChI is InChI=1S/C8H14O7/c1-2-14-5-3(9)4(10)8(13)15-6(5)7(11)12/h3-6,8-10,13H,2H2,1H3,(H,11,12)/t3-,4-,5+,6+,8?/m1/s1. The molecule has 1 saturated heterocycles. The van der Waals surface area contributed by atoms with Gasteiger partial charge in [-0.15, -0.1) is 0 Å². The van der Waals surface area contributed by atoms with E-state index < -0.39 is 36.7 Å². The fourth-order valence-electron chi connectivity index (χ4n) is 1.43.